The predicted molar refractivity (Wildman–Crippen MR) is 83.7 cm³/mol. The molecule has 1 aliphatic rings. The molecule has 1 aliphatic heterocycles. The molecular weight excluding hydrogens is 302 g/mol. The van der Waals surface area contributed by atoms with Crippen LogP contribution in [-0.4, -0.2) is 26.4 Å². The molecule has 0 radical (unpaired) electrons. The van der Waals surface area contributed by atoms with E-state index in [9.17, 15) is 4.79 Å². The van der Waals surface area contributed by atoms with Crippen molar-refractivity contribution in [2.24, 2.45) is 0 Å². The number of hydrogen-bond acceptors (Lipinski definition) is 5. The highest BCUT2D eigenvalue weighted by atomic mass is 32.1. The minimum absolute atomic E-state index is 0.142. The number of carbonyl (C=O) groups excluding carboxylic acids is 1. The number of amides is 1. The van der Waals surface area contributed by atoms with Crippen molar-refractivity contribution in [2.75, 3.05) is 20.4 Å². The molecule has 0 spiro atoms. The third kappa shape index (κ3) is 3.08. The van der Waals surface area contributed by atoms with Crippen LogP contribution >= 0.6 is 11.3 Å². The summed E-state index contributed by atoms with van der Waals surface area (Å²) < 4.78 is 16.0. The summed E-state index contributed by atoms with van der Waals surface area (Å²) in [6.07, 6.45) is -0.142. The first-order chi connectivity index (χ1) is 10.7. The molecule has 1 amide bonds. The zero-order valence-corrected chi connectivity index (χ0v) is 13.2. The zero-order valence-electron chi connectivity index (χ0n) is 12.4. The van der Waals surface area contributed by atoms with Gasteiger partial charge in [0, 0.05) is 29.0 Å². The van der Waals surface area contributed by atoms with Gasteiger partial charge in [0.1, 0.15) is 6.10 Å². The van der Waals surface area contributed by atoms with Crippen molar-refractivity contribution < 1.29 is 19.0 Å². The quantitative estimate of drug-likeness (QED) is 0.920. The Kier molecular flexibility index (Phi) is 4.31. The molecule has 22 heavy (non-hydrogen) atoms. The molecule has 116 valence electrons. The molecule has 0 saturated heterocycles. The number of ether oxygens (including phenoxy) is 3. The van der Waals surface area contributed by atoms with Crippen LogP contribution in [0, 0.1) is 6.92 Å². The zero-order chi connectivity index (χ0) is 15.5. The van der Waals surface area contributed by atoms with Crippen LogP contribution in [0.1, 0.15) is 26.2 Å². The molecule has 2 heterocycles. The smallest absolute Gasteiger partial charge is 0.251 e. The van der Waals surface area contributed by atoms with E-state index in [1.807, 2.05) is 19.1 Å². The summed E-state index contributed by atoms with van der Waals surface area (Å²) in [6, 6.07) is 9.23. The molecule has 1 atom stereocenters. The van der Waals surface area contributed by atoms with Crippen LogP contribution in [0.3, 0.4) is 0 Å². The highest BCUT2D eigenvalue weighted by Crippen LogP contribution is 2.32. The SMILES string of the molecule is CO[C@@H](CNC(=O)c1ccc2c(c1)OCO2)c1ccc(C)s1. The van der Waals surface area contributed by atoms with E-state index in [2.05, 4.69) is 5.32 Å². The standard InChI is InChI=1S/C16H17NO4S/c1-10-3-6-15(22-10)14(19-2)8-17-16(18)11-4-5-12-13(7-11)21-9-20-12/h3-7,14H,8-9H2,1-2H3,(H,17,18)/t14-/m0/s1. The number of benzene rings is 1. The predicted octanol–water partition coefficient (Wildman–Crippen LogP) is 2.90. The largest absolute Gasteiger partial charge is 0.454 e. The van der Waals surface area contributed by atoms with Crippen LogP contribution < -0.4 is 14.8 Å². The van der Waals surface area contributed by atoms with Gasteiger partial charge >= 0.3 is 0 Å². The lowest BCUT2D eigenvalue weighted by atomic mass is 10.2. The van der Waals surface area contributed by atoms with Gasteiger partial charge in [-0.15, -0.1) is 11.3 Å². The van der Waals surface area contributed by atoms with Gasteiger partial charge in [-0.25, -0.2) is 0 Å². The van der Waals surface area contributed by atoms with Gasteiger partial charge in [-0.3, -0.25) is 4.79 Å². The van der Waals surface area contributed by atoms with Crippen molar-refractivity contribution in [2.45, 2.75) is 13.0 Å². The van der Waals surface area contributed by atoms with Gasteiger partial charge < -0.3 is 19.5 Å². The Balaban J connectivity index is 1.64. The van der Waals surface area contributed by atoms with Crippen LogP contribution in [0.5, 0.6) is 11.5 Å². The number of nitrogens with one attached hydrogen (secondary N) is 1. The number of thiophene rings is 1. The first-order valence-corrected chi connectivity index (χ1v) is 7.76. The van der Waals surface area contributed by atoms with Crippen molar-refractivity contribution in [1.29, 1.82) is 0 Å². The van der Waals surface area contributed by atoms with Crippen molar-refractivity contribution >= 4 is 17.2 Å². The third-order valence-electron chi connectivity index (χ3n) is 3.45. The Morgan fingerprint density at radius 3 is 2.86 bits per heavy atom. The Bertz CT molecular complexity index is 683. The maximum absolute atomic E-state index is 12.2. The maximum atomic E-state index is 12.2. The average Bonchev–Trinajstić information content (AvgIpc) is 3.15. The molecular formula is C16H17NO4S. The number of rotatable bonds is 5. The molecule has 1 N–H and O–H groups in total. The van der Waals surface area contributed by atoms with Crippen molar-refractivity contribution in [3.63, 3.8) is 0 Å². The second kappa shape index (κ2) is 6.37. The van der Waals surface area contributed by atoms with E-state index in [1.54, 1.807) is 36.6 Å². The van der Waals surface area contributed by atoms with Crippen molar-refractivity contribution in [3.8, 4) is 11.5 Å². The Labute approximate surface area is 132 Å². The van der Waals surface area contributed by atoms with Gasteiger partial charge in [0.05, 0.1) is 0 Å². The van der Waals surface area contributed by atoms with Crippen LogP contribution in [0.25, 0.3) is 0 Å². The first-order valence-electron chi connectivity index (χ1n) is 6.94. The normalized spacial score (nSPS) is 13.9. The fourth-order valence-corrected chi connectivity index (χ4v) is 3.21. The first kappa shape index (κ1) is 14.9. The van der Waals surface area contributed by atoms with E-state index in [4.69, 9.17) is 14.2 Å². The van der Waals surface area contributed by atoms with Crippen LogP contribution in [0.2, 0.25) is 0 Å². The van der Waals surface area contributed by atoms with E-state index in [0.29, 0.717) is 23.6 Å². The van der Waals surface area contributed by atoms with Crippen molar-refractivity contribution in [3.05, 3.63) is 45.6 Å². The Morgan fingerprint density at radius 2 is 2.14 bits per heavy atom. The van der Waals surface area contributed by atoms with Crippen LogP contribution in [-0.2, 0) is 4.74 Å². The summed E-state index contributed by atoms with van der Waals surface area (Å²) in [6.45, 7) is 2.67. The van der Waals surface area contributed by atoms with E-state index in [1.165, 1.54) is 4.88 Å². The maximum Gasteiger partial charge on any atom is 0.251 e. The van der Waals surface area contributed by atoms with E-state index < -0.39 is 0 Å². The second-order valence-electron chi connectivity index (χ2n) is 4.95. The summed E-state index contributed by atoms with van der Waals surface area (Å²) in [5, 5.41) is 2.90. The number of hydrogen-bond donors (Lipinski definition) is 1. The molecule has 0 unspecified atom stereocenters. The molecule has 0 fully saturated rings. The summed E-state index contributed by atoms with van der Waals surface area (Å²) in [5.74, 6) is 1.11. The van der Waals surface area contributed by atoms with Gasteiger partial charge in [-0.05, 0) is 37.3 Å². The molecule has 1 aromatic carbocycles. The van der Waals surface area contributed by atoms with Gasteiger partial charge in [-0.1, -0.05) is 0 Å². The Hall–Kier alpha value is -2.05. The van der Waals surface area contributed by atoms with Crippen LogP contribution in [0.4, 0.5) is 0 Å². The monoisotopic (exact) mass is 319 g/mol. The van der Waals surface area contributed by atoms with Crippen LogP contribution in [0.15, 0.2) is 30.3 Å². The van der Waals surface area contributed by atoms with Gasteiger partial charge in [-0.2, -0.15) is 0 Å². The summed E-state index contributed by atoms with van der Waals surface area (Å²) in [7, 11) is 1.65. The summed E-state index contributed by atoms with van der Waals surface area (Å²) in [5.41, 5.74) is 0.543. The minimum Gasteiger partial charge on any atom is -0.454 e. The fraction of sp³-hybridized carbons (Fsp3) is 0.312. The topological polar surface area (TPSA) is 56.8 Å². The number of aryl methyl sites for hydroxylation is 1. The number of methoxy groups -OCH3 is 1. The molecule has 0 aliphatic carbocycles. The molecule has 0 saturated carbocycles. The molecule has 0 bridgehead atoms. The number of carbonyl (C=O) groups is 1. The van der Waals surface area contributed by atoms with E-state index >= 15 is 0 Å². The lowest BCUT2D eigenvalue weighted by Gasteiger charge is -2.14. The highest BCUT2D eigenvalue weighted by molar-refractivity contribution is 7.12. The van der Waals surface area contributed by atoms with Gasteiger partial charge in [0.25, 0.3) is 5.91 Å². The highest BCUT2D eigenvalue weighted by Gasteiger charge is 2.18. The van der Waals surface area contributed by atoms with Gasteiger partial charge in [0.15, 0.2) is 11.5 Å². The molecule has 6 heteroatoms. The van der Waals surface area contributed by atoms with E-state index in [0.717, 1.165) is 4.88 Å². The third-order valence-corrected chi connectivity index (χ3v) is 4.54. The molecule has 2 aromatic rings. The fourth-order valence-electron chi connectivity index (χ4n) is 2.25. The van der Waals surface area contributed by atoms with E-state index in [-0.39, 0.29) is 18.8 Å². The molecule has 5 nitrogen and oxygen atoms in total. The second-order valence-corrected chi connectivity index (χ2v) is 6.27. The molecule has 1 aromatic heterocycles. The number of fused-ring (bicyclic) bond motifs is 1. The van der Waals surface area contributed by atoms with Gasteiger partial charge in [0.2, 0.25) is 6.79 Å². The summed E-state index contributed by atoms with van der Waals surface area (Å²) >= 11 is 1.67. The Morgan fingerprint density at radius 1 is 1.32 bits per heavy atom. The lowest BCUT2D eigenvalue weighted by Crippen LogP contribution is -2.28. The average molecular weight is 319 g/mol. The lowest BCUT2D eigenvalue weighted by molar-refractivity contribution is 0.0837. The van der Waals surface area contributed by atoms with Crippen molar-refractivity contribution in [1.82, 2.24) is 5.32 Å². The molecule has 3 rings (SSSR count). The minimum atomic E-state index is -0.159. The summed E-state index contributed by atoms with van der Waals surface area (Å²) in [4.78, 5) is 14.6.